The van der Waals surface area contributed by atoms with Crippen molar-refractivity contribution in [1.29, 1.82) is 0 Å². The van der Waals surface area contributed by atoms with Crippen LogP contribution in [0.2, 0.25) is 0 Å². The number of benzene rings is 2. The number of amides is 3. The minimum Gasteiger partial charge on any atom is -0.343 e. The van der Waals surface area contributed by atoms with Gasteiger partial charge in [0.2, 0.25) is 11.8 Å². The molecule has 26 heavy (non-hydrogen) atoms. The first-order valence-corrected chi connectivity index (χ1v) is 9.06. The van der Waals surface area contributed by atoms with Crippen molar-refractivity contribution in [2.75, 3.05) is 23.3 Å². The monoisotopic (exact) mass is 415 g/mol. The van der Waals surface area contributed by atoms with Crippen molar-refractivity contribution in [3.05, 3.63) is 58.6 Å². The minimum atomic E-state index is -0.335. The number of carbonyl (C=O) groups excluding carboxylic acids is 3. The van der Waals surface area contributed by atoms with Crippen LogP contribution in [0.15, 0.2) is 53.0 Å². The maximum atomic E-state index is 12.1. The van der Waals surface area contributed by atoms with Crippen LogP contribution >= 0.6 is 15.9 Å². The van der Waals surface area contributed by atoms with E-state index in [4.69, 9.17) is 0 Å². The third kappa shape index (κ3) is 4.49. The second kappa shape index (κ2) is 8.14. The molecule has 1 aliphatic rings. The Kier molecular flexibility index (Phi) is 5.68. The van der Waals surface area contributed by atoms with Crippen LogP contribution in [0.4, 0.5) is 11.4 Å². The summed E-state index contributed by atoms with van der Waals surface area (Å²) in [7, 11) is 0. The largest absolute Gasteiger partial charge is 0.343 e. The quantitative estimate of drug-likeness (QED) is 0.787. The Balaban J connectivity index is 1.56. The molecule has 2 aromatic rings. The molecule has 0 saturated carbocycles. The minimum absolute atomic E-state index is 0.0924. The van der Waals surface area contributed by atoms with Crippen molar-refractivity contribution in [1.82, 2.24) is 5.32 Å². The average Bonchev–Trinajstić information content (AvgIpc) is 3.06. The molecule has 1 saturated heterocycles. The molecule has 1 heterocycles. The molecule has 0 aliphatic carbocycles. The van der Waals surface area contributed by atoms with E-state index >= 15 is 0 Å². The lowest BCUT2D eigenvalue weighted by Crippen LogP contribution is -2.32. The number of hydrogen-bond donors (Lipinski definition) is 2. The highest BCUT2D eigenvalue weighted by atomic mass is 79.9. The van der Waals surface area contributed by atoms with Crippen molar-refractivity contribution in [3.63, 3.8) is 0 Å². The molecular weight excluding hydrogens is 398 g/mol. The summed E-state index contributed by atoms with van der Waals surface area (Å²) >= 11 is 3.31. The highest BCUT2D eigenvalue weighted by molar-refractivity contribution is 9.10. The summed E-state index contributed by atoms with van der Waals surface area (Å²) in [4.78, 5) is 37.7. The Bertz CT molecular complexity index is 853. The lowest BCUT2D eigenvalue weighted by molar-refractivity contribution is -0.117. The van der Waals surface area contributed by atoms with E-state index < -0.39 is 0 Å². The van der Waals surface area contributed by atoms with Crippen molar-refractivity contribution in [2.24, 2.45) is 0 Å². The Morgan fingerprint density at radius 2 is 1.92 bits per heavy atom. The molecule has 6 nitrogen and oxygen atoms in total. The lowest BCUT2D eigenvalue weighted by atomic mass is 10.2. The Hall–Kier alpha value is -2.67. The van der Waals surface area contributed by atoms with Gasteiger partial charge in [-0.3, -0.25) is 14.4 Å². The van der Waals surface area contributed by atoms with Gasteiger partial charge >= 0.3 is 0 Å². The molecule has 1 aliphatic heterocycles. The van der Waals surface area contributed by atoms with Crippen molar-refractivity contribution < 1.29 is 14.4 Å². The Labute approximate surface area is 159 Å². The molecular formula is C19H18BrN3O3. The second-order valence-corrected chi connectivity index (χ2v) is 6.86. The van der Waals surface area contributed by atoms with Crippen LogP contribution in [0.25, 0.3) is 0 Å². The van der Waals surface area contributed by atoms with Crippen molar-refractivity contribution in [2.45, 2.75) is 12.8 Å². The Morgan fingerprint density at radius 3 is 2.65 bits per heavy atom. The summed E-state index contributed by atoms with van der Waals surface area (Å²) in [5.41, 5.74) is 1.83. The molecule has 134 valence electrons. The van der Waals surface area contributed by atoms with Gasteiger partial charge < -0.3 is 15.5 Å². The summed E-state index contributed by atoms with van der Waals surface area (Å²) in [5.74, 6) is -0.564. The van der Waals surface area contributed by atoms with E-state index in [9.17, 15) is 14.4 Å². The predicted octanol–water partition coefficient (Wildman–Crippen LogP) is 2.94. The van der Waals surface area contributed by atoms with E-state index in [-0.39, 0.29) is 24.3 Å². The number of anilines is 2. The fraction of sp³-hybridized carbons (Fsp3) is 0.211. The molecule has 2 aromatic carbocycles. The molecule has 1 fully saturated rings. The maximum Gasteiger partial charge on any atom is 0.251 e. The molecule has 3 amide bonds. The maximum absolute atomic E-state index is 12.1. The van der Waals surface area contributed by atoms with Crippen LogP contribution in [0, 0.1) is 0 Å². The van der Waals surface area contributed by atoms with Gasteiger partial charge in [0.05, 0.1) is 6.54 Å². The highest BCUT2D eigenvalue weighted by Crippen LogP contribution is 2.24. The molecule has 0 bridgehead atoms. The number of nitrogens with one attached hydrogen (secondary N) is 2. The summed E-state index contributed by atoms with van der Waals surface area (Å²) in [6, 6.07) is 14.1. The van der Waals surface area contributed by atoms with E-state index in [1.165, 1.54) is 0 Å². The van der Waals surface area contributed by atoms with Crippen molar-refractivity contribution in [3.8, 4) is 0 Å². The lowest BCUT2D eigenvalue weighted by Gasteiger charge is -2.16. The number of carbonyl (C=O) groups is 3. The summed E-state index contributed by atoms with van der Waals surface area (Å²) in [5, 5.41) is 5.32. The first kappa shape index (κ1) is 18.1. The zero-order valence-corrected chi connectivity index (χ0v) is 15.6. The molecule has 7 heteroatoms. The van der Waals surface area contributed by atoms with Gasteiger partial charge in [0, 0.05) is 34.4 Å². The molecule has 0 aromatic heterocycles. The van der Waals surface area contributed by atoms with E-state index in [2.05, 4.69) is 26.6 Å². The second-order valence-electron chi connectivity index (χ2n) is 5.94. The third-order valence-corrected chi connectivity index (χ3v) is 4.50. The topological polar surface area (TPSA) is 78.5 Å². The van der Waals surface area contributed by atoms with Gasteiger partial charge in [0.15, 0.2) is 0 Å². The van der Waals surface area contributed by atoms with Gasteiger partial charge in [-0.15, -0.1) is 0 Å². The van der Waals surface area contributed by atoms with Gasteiger partial charge in [-0.25, -0.2) is 0 Å². The van der Waals surface area contributed by atoms with Gasteiger partial charge in [0.25, 0.3) is 5.91 Å². The average molecular weight is 416 g/mol. The van der Waals surface area contributed by atoms with Crippen LogP contribution in [0.3, 0.4) is 0 Å². The van der Waals surface area contributed by atoms with Crippen LogP contribution in [-0.4, -0.2) is 30.8 Å². The van der Waals surface area contributed by atoms with Crippen LogP contribution in [0.1, 0.15) is 23.2 Å². The van der Waals surface area contributed by atoms with E-state index in [1.54, 1.807) is 41.3 Å². The molecule has 2 N–H and O–H groups in total. The fourth-order valence-corrected chi connectivity index (χ4v) is 3.17. The zero-order chi connectivity index (χ0) is 18.5. The highest BCUT2D eigenvalue weighted by Gasteiger charge is 2.21. The number of halogens is 1. The van der Waals surface area contributed by atoms with Crippen molar-refractivity contribution >= 4 is 45.0 Å². The summed E-state index contributed by atoms with van der Waals surface area (Å²) in [6.45, 7) is 0.553. The summed E-state index contributed by atoms with van der Waals surface area (Å²) < 4.78 is 0.794. The normalized spacial score (nSPS) is 13.6. The molecule has 0 atom stereocenters. The third-order valence-electron chi connectivity index (χ3n) is 4.01. The number of nitrogens with zero attached hydrogens (tertiary/aromatic N) is 1. The molecule has 3 rings (SSSR count). The standard InChI is InChI=1S/C19H18BrN3O3/c20-14-5-1-4-13(10-14)19(26)21-12-17(24)22-15-6-2-7-16(11-15)23-9-3-8-18(23)25/h1-2,4-7,10-11H,3,8-9,12H2,(H,21,26)(H,22,24). The van der Waals surface area contributed by atoms with Crippen LogP contribution in [-0.2, 0) is 9.59 Å². The Morgan fingerprint density at radius 1 is 1.12 bits per heavy atom. The zero-order valence-electron chi connectivity index (χ0n) is 14.0. The van der Waals surface area contributed by atoms with Gasteiger partial charge in [-0.05, 0) is 42.8 Å². The first-order valence-electron chi connectivity index (χ1n) is 8.27. The van der Waals surface area contributed by atoms with Gasteiger partial charge in [0.1, 0.15) is 0 Å². The molecule has 0 radical (unpaired) electrons. The summed E-state index contributed by atoms with van der Waals surface area (Å²) in [6.07, 6.45) is 1.40. The SMILES string of the molecule is O=C(CNC(=O)c1cccc(Br)c1)Nc1cccc(N2CCCC2=O)c1. The molecule has 0 unspecified atom stereocenters. The molecule has 0 spiro atoms. The van der Waals surface area contributed by atoms with Crippen LogP contribution < -0.4 is 15.5 Å². The van der Waals surface area contributed by atoms with Gasteiger partial charge in [-0.1, -0.05) is 28.1 Å². The smallest absolute Gasteiger partial charge is 0.251 e. The van der Waals surface area contributed by atoms with Crippen LogP contribution in [0.5, 0.6) is 0 Å². The predicted molar refractivity (Wildman–Crippen MR) is 103 cm³/mol. The van der Waals surface area contributed by atoms with E-state index in [0.29, 0.717) is 24.2 Å². The number of rotatable bonds is 5. The van der Waals surface area contributed by atoms with E-state index in [1.807, 2.05) is 12.1 Å². The van der Waals surface area contributed by atoms with Gasteiger partial charge in [-0.2, -0.15) is 0 Å². The van der Waals surface area contributed by atoms with E-state index in [0.717, 1.165) is 16.6 Å². The fourth-order valence-electron chi connectivity index (χ4n) is 2.77. The number of hydrogen-bond acceptors (Lipinski definition) is 3. The first-order chi connectivity index (χ1) is 12.5.